The molecule has 0 aliphatic heterocycles. The van der Waals surface area contributed by atoms with Gasteiger partial charge in [0.2, 0.25) is 5.91 Å². The molecule has 108 valence electrons. The van der Waals surface area contributed by atoms with Gasteiger partial charge in [-0.1, -0.05) is 24.4 Å². The Labute approximate surface area is 123 Å². The van der Waals surface area contributed by atoms with Gasteiger partial charge in [0.05, 0.1) is 0 Å². The third-order valence-electron chi connectivity index (χ3n) is 3.67. The first-order valence-corrected chi connectivity index (χ1v) is 7.22. The van der Waals surface area contributed by atoms with Crippen LogP contribution in [0.25, 0.3) is 0 Å². The molecule has 0 saturated heterocycles. The summed E-state index contributed by atoms with van der Waals surface area (Å²) in [5.41, 5.74) is 0.583. The maximum atomic E-state index is 12.3. The molecule has 0 spiro atoms. The van der Waals surface area contributed by atoms with Gasteiger partial charge < -0.3 is 10.0 Å². The first-order chi connectivity index (χ1) is 9.56. The van der Waals surface area contributed by atoms with Crippen LogP contribution in [-0.2, 0) is 9.59 Å². The van der Waals surface area contributed by atoms with E-state index in [1.165, 1.54) is 4.90 Å². The molecule has 1 aromatic carbocycles. The summed E-state index contributed by atoms with van der Waals surface area (Å²) in [6.07, 6.45) is 4.88. The molecule has 0 radical (unpaired) electrons. The third kappa shape index (κ3) is 3.97. The van der Waals surface area contributed by atoms with Gasteiger partial charge in [-0.25, -0.2) is 0 Å². The second-order valence-electron chi connectivity index (χ2n) is 5.20. The lowest BCUT2D eigenvalue weighted by Gasteiger charge is -2.22. The van der Waals surface area contributed by atoms with Crippen molar-refractivity contribution in [3.8, 4) is 0 Å². The number of benzene rings is 1. The minimum absolute atomic E-state index is 0.123. The Balaban J connectivity index is 2.11. The van der Waals surface area contributed by atoms with Gasteiger partial charge in [0, 0.05) is 17.1 Å². The molecule has 1 aliphatic rings. The summed E-state index contributed by atoms with van der Waals surface area (Å²) in [6.45, 7) is -0.312. The van der Waals surface area contributed by atoms with Crippen LogP contribution in [0.5, 0.6) is 0 Å². The Morgan fingerprint density at radius 3 is 2.35 bits per heavy atom. The van der Waals surface area contributed by atoms with Gasteiger partial charge in [0.1, 0.15) is 6.54 Å². The minimum Gasteiger partial charge on any atom is -0.480 e. The molecule has 1 N–H and O–H groups in total. The van der Waals surface area contributed by atoms with Crippen LogP contribution in [0.4, 0.5) is 5.69 Å². The molecular weight excluding hydrogens is 278 g/mol. The van der Waals surface area contributed by atoms with Crippen molar-refractivity contribution >= 4 is 29.2 Å². The average Bonchev–Trinajstić information content (AvgIpc) is 2.89. The monoisotopic (exact) mass is 295 g/mol. The van der Waals surface area contributed by atoms with E-state index in [0.29, 0.717) is 23.0 Å². The lowest BCUT2D eigenvalue weighted by atomic mass is 10.0. The van der Waals surface area contributed by atoms with Crippen LogP contribution < -0.4 is 4.90 Å². The predicted octanol–water partition coefficient (Wildman–Crippen LogP) is 3.34. The highest BCUT2D eigenvalue weighted by Gasteiger charge is 2.24. The molecular formula is C15H18ClNO3. The van der Waals surface area contributed by atoms with Crippen LogP contribution in [0.1, 0.15) is 32.1 Å². The molecule has 1 amide bonds. The molecule has 1 fully saturated rings. The summed E-state index contributed by atoms with van der Waals surface area (Å²) in [7, 11) is 0. The van der Waals surface area contributed by atoms with Gasteiger partial charge in [-0.2, -0.15) is 0 Å². The van der Waals surface area contributed by atoms with Gasteiger partial charge in [0.15, 0.2) is 0 Å². The molecule has 0 bridgehead atoms. The molecule has 1 aromatic rings. The number of halogens is 1. The number of carbonyl (C=O) groups is 2. The zero-order chi connectivity index (χ0) is 14.5. The van der Waals surface area contributed by atoms with E-state index in [1.54, 1.807) is 24.3 Å². The average molecular weight is 296 g/mol. The van der Waals surface area contributed by atoms with Crippen molar-refractivity contribution < 1.29 is 14.7 Å². The van der Waals surface area contributed by atoms with Crippen LogP contribution in [0.3, 0.4) is 0 Å². The standard InChI is InChI=1S/C15H18ClNO3/c16-12-5-7-13(8-6-12)17(10-15(19)20)14(18)9-11-3-1-2-4-11/h5-8,11H,1-4,9-10H2,(H,19,20). The Morgan fingerprint density at radius 1 is 1.20 bits per heavy atom. The Morgan fingerprint density at radius 2 is 1.80 bits per heavy atom. The fourth-order valence-electron chi connectivity index (χ4n) is 2.65. The Kier molecular flexibility index (Phi) is 5.01. The number of carbonyl (C=O) groups excluding carboxylic acids is 1. The summed E-state index contributed by atoms with van der Waals surface area (Å²) in [5.74, 6) is -0.743. The van der Waals surface area contributed by atoms with Gasteiger partial charge in [-0.05, 0) is 43.0 Å². The number of hydrogen-bond donors (Lipinski definition) is 1. The first-order valence-electron chi connectivity index (χ1n) is 6.84. The third-order valence-corrected chi connectivity index (χ3v) is 3.92. The number of carboxylic acid groups (broad SMARTS) is 1. The van der Waals surface area contributed by atoms with Gasteiger partial charge >= 0.3 is 5.97 Å². The van der Waals surface area contributed by atoms with E-state index in [2.05, 4.69) is 0 Å². The number of nitrogens with zero attached hydrogens (tertiary/aromatic N) is 1. The number of amides is 1. The van der Waals surface area contributed by atoms with Crippen molar-refractivity contribution in [3.05, 3.63) is 29.3 Å². The molecule has 0 atom stereocenters. The summed E-state index contributed by atoms with van der Waals surface area (Å²) in [5, 5.41) is 9.55. The van der Waals surface area contributed by atoms with Crippen LogP contribution in [0.15, 0.2) is 24.3 Å². The molecule has 2 rings (SSSR count). The van der Waals surface area contributed by atoms with Crippen LogP contribution in [-0.4, -0.2) is 23.5 Å². The maximum Gasteiger partial charge on any atom is 0.323 e. The fourth-order valence-corrected chi connectivity index (χ4v) is 2.78. The first kappa shape index (κ1) is 14.9. The van der Waals surface area contributed by atoms with E-state index < -0.39 is 5.97 Å². The highest BCUT2D eigenvalue weighted by atomic mass is 35.5. The summed E-state index contributed by atoms with van der Waals surface area (Å²) < 4.78 is 0. The maximum absolute atomic E-state index is 12.3. The second kappa shape index (κ2) is 6.75. The lowest BCUT2D eigenvalue weighted by Crippen LogP contribution is -2.36. The zero-order valence-electron chi connectivity index (χ0n) is 11.2. The molecule has 4 nitrogen and oxygen atoms in total. The van der Waals surface area contributed by atoms with Crippen molar-refractivity contribution in [1.82, 2.24) is 0 Å². The van der Waals surface area contributed by atoms with Crippen molar-refractivity contribution in [3.63, 3.8) is 0 Å². The van der Waals surface area contributed by atoms with E-state index in [1.807, 2.05) is 0 Å². The van der Waals surface area contributed by atoms with Crippen molar-refractivity contribution in [2.75, 3.05) is 11.4 Å². The second-order valence-corrected chi connectivity index (χ2v) is 5.64. The van der Waals surface area contributed by atoms with Crippen molar-refractivity contribution in [2.24, 2.45) is 5.92 Å². The SMILES string of the molecule is O=C(O)CN(C(=O)CC1CCCC1)c1ccc(Cl)cc1. The van der Waals surface area contributed by atoms with E-state index in [9.17, 15) is 9.59 Å². The quantitative estimate of drug-likeness (QED) is 0.906. The number of anilines is 1. The van der Waals surface area contributed by atoms with Gasteiger partial charge in [0.25, 0.3) is 0 Å². The Hall–Kier alpha value is -1.55. The fraction of sp³-hybridized carbons (Fsp3) is 0.467. The zero-order valence-corrected chi connectivity index (χ0v) is 12.0. The number of aliphatic carboxylic acids is 1. The molecule has 0 aromatic heterocycles. The molecule has 0 heterocycles. The lowest BCUT2D eigenvalue weighted by molar-refractivity contribution is -0.136. The molecule has 5 heteroatoms. The van der Waals surface area contributed by atoms with Crippen LogP contribution in [0, 0.1) is 5.92 Å². The molecule has 1 aliphatic carbocycles. The number of carboxylic acids is 1. The topological polar surface area (TPSA) is 57.6 Å². The minimum atomic E-state index is -1.01. The normalized spacial score (nSPS) is 15.2. The smallest absolute Gasteiger partial charge is 0.323 e. The van der Waals surface area contributed by atoms with E-state index in [-0.39, 0.29) is 12.5 Å². The van der Waals surface area contributed by atoms with Gasteiger partial charge in [-0.15, -0.1) is 0 Å². The Bertz CT molecular complexity index is 480. The van der Waals surface area contributed by atoms with E-state index in [4.69, 9.17) is 16.7 Å². The van der Waals surface area contributed by atoms with Crippen molar-refractivity contribution in [2.45, 2.75) is 32.1 Å². The van der Waals surface area contributed by atoms with Crippen LogP contribution in [0.2, 0.25) is 5.02 Å². The van der Waals surface area contributed by atoms with Crippen molar-refractivity contribution in [1.29, 1.82) is 0 Å². The summed E-state index contributed by atoms with van der Waals surface area (Å²) >= 11 is 5.82. The molecule has 20 heavy (non-hydrogen) atoms. The largest absolute Gasteiger partial charge is 0.480 e. The molecule has 0 unspecified atom stereocenters. The highest BCUT2D eigenvalue weighted by Crippen LogP contribution is 2.29. The predicted molar refractivity (Wildman–Crippen MR) is 78.0 cm³/mol. The van der Waals surface area contributed by atoms with Crippen LogP contribution >= 0.6 is 11.6 Å². The number of rotatable bonds is 5. The summed E-state index contributed by atoms with van der Waals surface area (Å²) in [4.78, 5) is 24.7. The van der Waals surface area contributed by atoms with E-state index in [0.717, 1.165) is 25.7 Å². The summed E-state index contributed by atoms with van der Waals surface area (Å²) in [6, 6.07) is 6.68. The highest BCUT2D eigenvalue weighted by molar-refractivity contribution is 6.30. The van der Waals surface area contributed by atoms with Gasteiger partial charge in [-0.3, -0.25) is 9.59 Å². The number of hydrogen-bond acceptors (Lipinski definition) is 2. The van der Waals surface area contributed by atoms with E-state index >= 15 is 0 Å². The molecule has 1 saturated carbocycles.